The molecule has 110 valence electrons. The predicted molar refractivity (Wildman–Crippen MR) is 72.4 cm³/mol. The van der Waals surface area contributed by atoms with Crippen molar-refractivity contribution < 1.29 is 19.0 Å². The van der Waals surface area contributed by atoms with E-state index in [4.69, 9.17) is 19.9 Å². The molecule has 8 nitrogen and oxygen atoms in total. The Balaban J connectivity index is 1.93. The van der Waals surface area contributed by atoms with Crippen molar-refractivity contribution >= 4 is 11.8 Å². The summed E-state index contributed by atoms with van der Waals surface area (Å²) in [5, 5.41) is 7.66. The van der Waals surface area contributed by atoms with Crippen LogP contribution in [0.15, 0.2) is 18.2 Å². The van der Waals surface area contributed by atoms with Crippen LogP contribution in [0, 0.1) is 0 Å². The maximum atomic E-state index is 11.8. The topological polar surface area (TPSA) is 101 Å². The first-order chi connectivity index (χ1) is 10.1. The Hall–Kier alpha value is -2.77. The maximum absolute atomic E-state index is 11.8. The van der Waals surface area contributed by atoms with Gasteiger partial charge in [-0.25, -0.2) is 4.79 Å². The second kappa shape index (κ2) is 4.97. The molecule has 0 saturated carbocycles. The number of benzene rings is 1. The monoisotopic (exact) mass is 290 g/mol. The van der Waals surface area contributed by atoms with Gasteiger partial charge in [-0.2, -0.15) is 4.68 Å². The molecule has 0 radical (unpaired) electrons. The van der Waals surface area contributed by atoms with Crippen LogP contribution in [0.1, 0.15) is 24.3 Å². The van der Waals surface area contributed by atoms with Crippen LogP contribution in [0.5, 0.6) is 11.5 Å². The fraction of sp³-hybridized carbons (Fsp3) is 0.308. The highest BCUT2D eigenvalue weighted by atomic mass is 16.7. The van der Waals surface area contributed by atoms with E-state index in [1.54, 1.807) is 32.0 Å². The largest absolute Gasteiger partial charge is 0.458 e. The Bertz CT molecular complexity index is 695. The third-order valence-electron chi connectivity index (χ3n) is 2.84. The van der Waals surface area contributed by atoms with Gasteiger partial charge in [-0.1, -0.05) is 5.21 Å². The van der Waals surface area contributed by atoms with E-state index in [-0.39, 0.29) is 24.4 Å². The summed E-state index contributed by atoms with van der Waals surface area (Å²) in [7, 11) is 0. The molecule has 1 aliphatic rings. The number of nitrogens with zero attached hydrogens (tertiary/aromatic N) is 3. The second-order valence-corrected chi connectivity index (χ2v) is 4.73. The minimum atomic E-state index is -0.602. The SMILES string of the molecule is CC(C)OC(=O)c1nnn(-c2ccc3c(c2)OCO3)c1N. The molecule has 8 heteroatoms. The minimum absolute atomic E-state index is 0.0126. The molecule has 0 bridgehead atoms. The number of carbonyl (C=O) groups excluding carboxylic acids is 1. The van der Waals surface area contributed by atoms with Crippen LogP contribution < -0.4 is 15.2 Å². The van der Waals surface area contributed by atoms with E-state index in [0.29, 0.717) is 17.2 Å². The average Bonchev–Trinajstić information content (AvgIpc) is 3.03. The van der Waals surface area contributed by atoms with Crippen molar-refractivity contribution in [2.75, 3.05) is 12.5 Å². The molecule has 0 atom stereocenters. The number of fused-ring (bicyclic) bond motifs is 1. The Labute approximate surface area is 120 Å². The molecule has 0 saturated heterocycles. The molecule has 0 spiro atoms. The Morgan fingerprint density at radius 2 is 2.14 bits per heavy atom. The Morgan fingerprint density at radius 3 is 2.90 bits per heavy atom. The number of hydrogen-bond donors (Lipinski definition) is 1. The van der Waals surface area contributed by atoms with Crippen molar-refractivity contribution in [1.82, 2.24) is 15.0 Å². The van der Waals surface area contributed by atoms with Crippen molar-refractivity contribution in [2.24, 2.45) is 0 Å². The van der Waals surface area contributed by atoms with Crippen LogP contribution in [-0.4, -0.2) is 33.9 Å². The summed E-state index contributed by atoms with van der Waals surface area (Å²) in [6, 6.07) is 5.20. The molecule has 0 fully saturated rings. The van der Waals surface area contributed by atoms with Crippen LogP contribution in [0.3, 0.4) is 0 Å². The third kappa shape index (κ3) is 2.35. The fourth-order valence-corrected chi connectivity index (χ4v) is 1.91. The van der Waals surface area contributed by atoms with E-state index in [9.17, 15) is 4.79 Å². The molecule has 0 unspecified atom stereocenters. The maximum Gasteiger partial charge on any atom is 0.363 e. The van der Waals surface area contributed by atoms with Gasteiger partial charge in [0.15, 0.2) is 17.3 Å². The number of carbonyl (C=O) groups is 1. The number of rotatable bonds is 3. The average molecular weight is 290 g/mol. The van der Waals surface area contributed by atoms with Gasteiger partial charge in [0.25, 0.3) is 0 Å². The Morgan fingerprint density at radius 1 is 1.38 bits per heavy atom. The minimum Gasteiger partial charge on any atom is -0.458 e. The number of aromatic nitrogens is 3. The number of ether oxygens (including phenoxy) is 3. The van der Waals surface area contributed by atoms with Crippen molar-refractivity contribution in [3.63, 3.8) is 0 Å². The lowest BCUT2D eigenvalue weighted by molar-refractivity contribution is 0.0372. The molecule has 1 aliphatic heterocycles. The van der Waals surface area contributed by atoms with Gasteiger partial charge in [-0.05, 0) is 26.0 Å². The van der Waals surface area contributed by atoms with E-state index in [2.05, 4.69) is 10.3 Å². The molecule has 1 aromatic heterocycles. The molecule has 0 amide bonds. The molecular weight excluding hydrogens is 276 g/mol. The van der Waals surface area contributed by atoms with Crippen molar-refractivity contribution in [3.8, 4) is 17.2 Å². The first kappa shape index (κ1) is 13.2. The molecule has 3 rings (SSSR count). The van der Waals surface area contributed by atoms with Gasteiger partial charge >= 0.3 is 5.97 Å². The van der Waals surface area contributed by atoms with Gasteiger partial charge < -0.3 is 19.9 Å². The highest BCUT2D eigenvalue weighted by Gasteiger charge is 2.22. The normalized spacial score (nSPS) is 12.7. The molecule has 1 aromatic carbocycles. The summed E-state index contributed by atoms with van der Waals surface area (Å²) < 4.78 is 16.9. The van der Waals surface area contributed by atoms with Gasteiger partial charge in [0.2, 0.25) is 12.5 Å². The lowest BCUT2D eigenvalue weighted by Gasteiger charge is -2.07. The van der Waals surface area contributed by atoms with E-state index < -0.39 is 5.97 Å². The van der Waals surface area contributed by atoms with Gasteiger partial charge in [0.1, 0.15) is 0 Å². The summed E-state index contributed by atoms with van der Waals surface area (Å²) >= 11 is 0. The van der Waals surface area contributed by atoms with Gasteiger partial charge in [-0.15, -0.1) is 5.10 Å². The smallest absolute Gasteiger partial charge is 0.363 e. The van der Waals surface area contributed by atoms with Crippen LogP contribution in [0.4, 0.5) is 5.82 Å². The van der Waals surface area contributed by atoms with Gasteiger partial charge in [-0.3, -0.25) is 0 Å². The van der Waals surface area contributed by atoms with E-state index in [0.717, 1.165) is 0 Å². The zero-order chi connectivity index (χ0) is 15.0. The zero-order valence-corrected chi connectivity index (χ0v) is 11.6. The number of nitrogen functional groups attached to an aromatic ring is 1. The van der Waals surface area contributed by atoms with Crippen LogP contribution in [-0.2, 0) is 4.74 Å². The number of hydrogen-bond acceptors (Lipinski definition) is 7. The summed E-state index contributed by atoms with van der Waals surface area (Å²) in [5.74, 6) is 0.750. The lowest BCUT2D eigenvalue weighted by Crippen LogP contribution is -2.14. The molecule has 0 aliphatic carbocycles. The van der Waals surface area contributed by atoms with Crippen LogP contribution in [0.25, 0.3) is 5.69 Å². The second-order valence-electron chi connectivity index (χ2n) is 4.73. The first-order valence-corrected chi connectivity index (χ1v) is 6.38. The van der Waals surface area contributed by atoms with Crippen LogP contribution in [0.2, 0.25) is 0 Å². The standard InChI is InChI=1S/C13H14N4O4/c1-7(2)21-13(18)11-12(14)17(16-15-11)8-3-4-9-10(5-8)20-6-19-9/h3-5,7H,6,14H2,1-2H3. The highest BCUT2D eigenvalue weighted by Crippen LogP contribution is 2.34. The highest BCUT2D eigenvalue weighted by molar-refractivity contribution is 5.92. The first-order valence-electron chi connectivity index (χ1n) is 6.38. The van der Waals surface area contributed by atoms with Crippen molar-refractivity contribution in [2.45, 2.75) is 20.0 Å². The summed E-state index contributed by atoms with van der Waals surface area (Å²) in [4.78, 5) is 11.8. The number of anilines is 1. The molecular formula is C13H14N4O4. The Kier molecular flexibility index (Phi) is 3.13. The molecule has 21 heavy (non-hydrogen) atoms. The number of nitrogens with two attached hydrogens (primary N) is 1. The van der Waals surface area contributed by atoms with Crippen LogP contribution >= 0.6 is 0 Å². The molecule has 2 heterocycles. The quantitative estimate of drug-likeness (QED) is 0.846. The summed E-state index contributed by atoms with van der Waals surface area (Å²) in [5.41, 5.74) is 6.53. The van der Waals surface area contributed by atoms with E-state index >= 15 is 0 Å². The number of esters is 1. The third-order valence-corrected chi connectivity index (χ3v) is 2.84. The van der Waals surface area contributed by atoms with Crippen molar-refractivity contribution in [1.29, 1.82) is 0 Å². The van der Waals surface area contributed by atoms with E-state index in [1.807, 2.05) is 0 Å². The molecule has 2 N–H and O–H groups in total. The summed E-state index contributed by atoms with van der Waals surface area (Å²) in [6.45, 7) is 3.67. The van der Waals surface area contributed by atoms with Crippen molar-refractivity contribution in [3.05, 3.63) is 23.9 Å². The molecule has 2 aromatic rings. The zero-order valence-electron chi connectivity index (χ0n) is 11.6. The fourth-order valence-electron chi connectivity index (χ4n) is 1.91. The van der Waals surface area contributed by atoms with Gasteiger partial charge in [0.05, 0.1) is 11.8 Å². The lowest BCUT2D eigenvalue weighted by atomic mass is 10.3. The predicted octanol–water partition coefficient (Wildman–Crippen LogP) is 1.14. The summed E-state index contributed by atoms with van der Waals surface area (Å²) in [6.07, 6.45) is -0.257. The van der Waals surface area contributed by atoms with E-state index in [1.165, 1.54) is 4.68 Å². The van der Waals surface area contributed by atoms with Gasteiger partial charge in [0, 0.05) is 6.07 Å².